The van der Waals surface area contributed by atoms with E-state index in [1.165, 1.54) is 23.6 Å². The zero-order valence-corrected chi connectivity index (χ0v) is 20.9. The number of rotatable bonds is 7. The van der Waals surface area contributed by atoms with E-state index >= 15 is 0 Å². The fourth-order valence-corrected chi connectivity index (χ4v) is 6.64. The Labute approximate surface area is 220 Å². The van der Waals surface area contributed by atoms with E-state index in [1.807, 2.05) is 18.2 Å². The minimum absolute atomic E-state index is 0.144. The molecular formula is C31H27NO6. The highest BCUT2D eigenvalue weighted by atomic mass is 16.5. The Morgan fingerprint density at radius 1 is 0.842 bits per heavy atom. The molecule has 3 aromatic rings. The summed E-state index contributed by atoms with van der Waals surface area (Å²) in [5.74, 6) is -0.810. The number of esters is 1. The number of fused-ring (bicyclic) bond motifs is 5. The standard InChI is InChI=1S/C31H27NO6/c1-37-23-12-10-19(11-13-23)26(33)17-38-31(36)20-8-5-9-22(14-20)32-29(34)27-21-15-24(18-6-3-2-4-7-18)25(16-21)28(27)30(32)35/h2-14,21,24-25,27-28H,15-17H2,1H3/t21-,24+,25+,27+,28-/m0/s1. The molecule has 3 aromatic carbocycles. The van der Waals surface area contributed by atoms with Gasteiger partial charge in [0.2, 0.25) is 11.8 Å². The number of hydrogen-bond donors (Lipinski definition) is 0. The molecule has 5 atom stereocenters. The fraction of sp³-hybridized carbons (Fsp3) is 0.290. The maximum Gasteiger partial charge on any atom is 0.338 e. The minimum atomic E-state index is -0.697. The van der Waals surface area contributed by atoms with Gasteiger partial charge in [-0.15, -0.1) is 0 Å². The number of imide groups is 1. The summed E-state index contributed by atoms with van der Waals surface area (Å²) in [6.07, 6.45) is 1.81. The summed E-state index contributed by atoms with van der Waals surface area (Å²) >= 11 is 0. The Kier molecular flexibility index (Phi) is 6.06. The quantitative estimate of drug-likeness (QED) is 0.261. The first-order valence-electron chi connectivity index (χ1n) is 12.8. The van der Waals surface area contributed by atoms with Crippen molar-refractivity contribution in [3.8, 4) is 5.75 Å². The van der Waals surface area contributed by atoms with Crippen LogP contribution in [0.15, 0.2) is 78.9 Å². The van der Waals surface area contributed by atoms with Crippen LogP contribution in [0.1, 0.15) is 45.0 Å². The lowest BCUT2D eigenvalue weighted by molar-refractivity contribution is -0.123. The van der Waals surface area contributed by atoms with E-state index in [9.17, 15) is 19.2 Å². The number of carbonyl (C=O) groups excluding carboxylic acids is 4. The highest BCUT2D eigenvalue weighted by Crippen LogP contribution is 2.61. The molecule has 2 aliphatic carbocycles. The molecule has 3 fully saturated rings. The van der Waals surface area contributed by atoms with E-state index in [2.05, 4.69) is 12.1 Å². The van der Waals surface area contributed by atoms with Crippen molar-refractivity contribution in [1.82, 2.24) is 0 Å². The maximum atomic E-state index is 13.6. The van der Waals surface area contributed by atoms with E-state index in [0.717, 1.165) is 12.8 Å². The van der Waals surface area contributed by atoms with Crippen LogP contribution in [0.2, 0.25) is 0 Å². The molecule has 2 amide bonds. The number of ether oxygens (including phenoxy) is 2. The third kappa shape index (κ3) is 3.99. The second-order valence-electron chi connectivity index (χ2n) is 10.3. The Bertz CT molecular complexity index is 1420. The molecule has 192 valence electrons. The second kappa shape index (κ2) is 9.56. The van der Waals surface area contributed by atoms with Crippen molar-refractivity contribution < 1.29 is 28.7 Å². The number of anilines is 1. The number of hydrogen-bond acceptors (Lipinski definition) is 6. The van der Waals surface area contributed by atoms with Crippen LogP contribution >= 0.6 is 0 Å². The molecule has 0 radical (unpaired) electrons. The molecule has 1 aliphatic heterocycles. The smallest absolute Gasteiger partial charge is 0.338 e. The van der Waals surface area contributed by atoms with Gasteiger partial charge in [-0.1, -0.05) is 36.4 Å². The van der Waals surface area contributed by atoms with Gasteiger partial charge in [0.05, 0.1) is 30.2 Å². The van der Waals surface area contributed by atoms with Crippen molar-refractivity contribution in [2.45, 2.75) is 18.8 Å². The molecule has 1 saturated heterocycles. The lowest BCUT2D eigenvalue weighted by Gasteiger charge is -2.28. The highest BCUT2D eigenvalue weighted by molar-refractivity contribution is 6.23. The van der Waals surface area contributed by atoms with Crippen LogP contribution in [0, 0.1) is 23.7 Å². The first-order valence-corrected chi connectivity index (χ1v) is 12.8. The van der Waals surface area contributed by atoms with Gasteiger partial charge in [0.25, 0.3) is 0 Å². The van der Waals surface area contributed by atoms with Crippen LogP contribution in [0.25, 0.3) is 0 Å². The molecule has 7 nitrogen and oxygen atoms in total. The first-order chi connectivity index (χ1) is 18.5. The summed E-state index contributed by atoms with van der Waals surface area (Å²) in [4.78, 5) is 53.5. The van der Waals surface area contributed by atoms with Gasteiger partial charge >= 0.3 is 5.97 Å². The molecule has 1 heterocycles. The Balaban J connectivity index is 1.16. The van der Waals surface area contributed by atoms with Crippen LogP contribution in [-0.4, -0.2) is 37.3 Å². The van der Waals surface area contributed by atoms with Gasteiger partial charge in [-0.05, 0) is 78.6 Å². The number of carbonyl (C=O) groups is 4. The highest BCUT2D eigenvalue weighted by Gasteiger charge is 2.64. The van der Waals surface area contributed by atoms with Crippen molar-refractivity contribution >= 4 is 29.3 Å². The molecule has 0 N–H and O–H groups in total. The van der Waals surface area contributed by atoms with Crippen molar-refractivity contribution in [2.75, 3.05) is 18.6 Å². The normalized spacial score (nSPS) is 25.4. The third-order valence-corrected chi connectivity index (χ3v) is 8.33. The molecule has 2 bridgehead atoms. The van der Waals surface area contributed by atoms with Gasteiger partial charge < -0.3 is 9.47 Å². The van der Waals surface area contributed by atoms with E-state index in [1.54, 1.807) is 42.5 Å². The molecule has 3 aliphatic rings. The molecule has 2 saturated carbocycles. The monoisotopic (exact) mass is 509 g/mol. The predicted molar refractivity (Wildman–Crippen MR) is 139 cm³/mol. The summed E-state index contributed by atoms with van der Waals surface area (Å²) in [5, 5.41) is 0. The van der Waals surface area contributed by atoms with Crippen molar-refractivity contribution in [1.29, 1.82) is 0 Å². The number of amides is 2. The van der Waals surface area contributed by atoms with Gasteiger partial charge in [-0.25, -0.2) is 4.79 Å². The van der Waals surface area contributed by atoms with Gasteiger partial charge in [0, 0.05) is 5.56 Å². The third-order valence-electron chi connectivity index (χ3n) is 8.33. The first kappa shape index (κ1) is 24.1. The van der Waals surface area contributed by atoms with Gasteiger partial charge in [0.1, 0.15) is 5.75 Å². The minimum Gasteiger partial charge on any atom is -0.497 e. The maximum absolute atomic E-state index is 13.6. The predicted octanol–water partition coefficient (Wildman–Crippen LogP) is 4.66. The summed E-state index contributed by atoms with van der Waals surface area (Å²) in [5.41, 5.74) is 2.16. The summed E-state index contributed by atoms with van der Waals surface area (Å²) in [6, 6.07) is 23.1. The average molecular weight is 510 g/mol. The van der Waals surface area contributed by atoms with Crippen molar-refractivity contribution in [3.63, 3.8) is 0 Å². The van der Waals surface area contributed by atoms with Crippen LogP contribution in [-0.2, 0) is 14.3 Å². The fourth-order valence-electron chi connectivity index (χ4n) is 6.64. The molecule has 6 rings (SSSR count). The zero-order chi connectivity index (χ0) is 26.4. The van der Waals surface area contributed by atoms with E-state index in [4.69, 9.17) is 9.47 Å². The Hall–Kier alpha value is -4.26. The van der Waals surface area contributed by atoms with Crippen LogP contribution in [0.4, 0.5) is 5.69 Å². The number of methoxy groups -OCH3 is 1. The lowest BCUT2D eigenvalue weighted by atomic mass is 9.73. The van der Waals surface area contributed by atoms with Crippen LogP contribution in [0.5, 0.6) is 5.75 Å². The van der Waals surface area contributed by atoms with Crippen LogP contribution in [0.3, 0.4) is 0 Å². The van der Waals surface area contributed by atoms with Crippen molar-refractivity contribution in [2.24, 2.45) is 23.7 Å². The van der Waals surface area contributed by atoms with E-state index in [-0.39, 0.29) is 52.8 Å². The largest absolute Gasteiger partial charge is 0.497 e. The topological polar surface area (TPSA) is 90.0 Å². The van der Waals surface area contributed by atoms with E-state index in [0.29, 0.717) is 17.0 Å². The molecule has 0 spiro atoms. The summed E-state index contributed by atoms with van der Waals surface area (Å²) < 4.78 is 10.3. The lowest BCUT2D eigenvalue weighted by Crippen LogP contribution is -2.33. The molecule has 7 heteroatoms. The Morgan fingerprint density at radius 3 is 2.32 bits per heavy atom. The van der Waals surface area contributed by atoms with E-state index < -0.39 is 12.6 Å². The molecular weight excluding hydrogens is 482 g/mol. The van der Waals surface area contributed by atoms with Gasteiger partial charge in [0.15, 0.2) is 12.4 Å². The van der Waals surface area contributed by atoms with Crippen molar-refractivity contribution in [3.05, 3.63) is 95.6 Å². The molecule has 0 unspecified atom stereocenters. The molecule has 38 heavy (non-hydrogen) atoms. The van der Waals surface area contributed by atoms with Gasteiger partial charge in [-0.2, -0.15) is 0 Å². The average Bonchev–Trinajstić information content (AvgIpc) is 3.63. The van der Waals surface area contributed by atoms with Crippen LogP contribution < -0.4 is 9.64 Å². The zero-order valence-electron chi connectivity index (χ0n) is 20.9. The number of benzene rings is 3. The summed E-state index contributed by atoms with van der Waals surface area (Å²) in [6.45, 7) is -0.425. The summed E-state index contributed by atoms with van der Waals surface area (Å²) in [7, 11) is 1.54. The SMILES string of the molecule is COc1ccc(C(=O)COC(=O)c2cccc(N3C(=O)[C@@H]4[C@@H]5C[C@@H]([C@@H]4C3=O)[C@@H](c3ccccc3)C5)c2)cc1. The number of nitrogens with zero attached hydrogens (tertiary/aromatic N) is 1. The number of Topliss-reactive ketones (excluding diaryl/α,β-unsaturated/α-hetero) is 1. The molecule has 0 aromatic heterocycles. The number of ketones is 1. The second-order valence-corrected chi connectivity index (χ2v) is 10.3. The Morgan fingerprint density at radius 2 is 1.58 bits per heavy atom. The van der Waals surface area contributed by atoms with Gasteiger partial charge in [-0.3, -0.25) is 19.3 Å².